The summed E-state index contributed by atoms with van der Waals surface area (Å²) in [5.74, 6) is 1.80. The molecule has 5 nitrogen and oxygen atoms in total. The van der Waals surface area contributed by atoms with E-state index in [1.165, 1.54) is 5.56 Å². The number of hydrogen-bond acceptors (Lipinski definition) is 5. The van der Waals surface area contributed by atoms with Gasteiger partial charge in [-0.15, -0.1) is 0 Å². The first kappa shape index (κ1) is 19.4. The summed E-state index contributed by atoms with van der Waals surface area (Å²) in [6.07, 6.45) is 1.32. The van der Waals surface area contributed by atoms with Gasteiger partial charge in [0.25, 0.3) is 0 Å². The molecule has 0 spiro atoms. The van der Waals surface area contributed by atoms with Crippen LogP contribution in [0.5, 0.6) is 5.75 Å². The predicted molar refractivity (Wildman–Crippen MR) is 116 cm³/mol. The normalized spacial score (nSPS) is 15.8. The fraction of sp³-hybridized carbons (Fsp3) is 0.292. The van der Waals surface area contributed by atoms with Crippen LogP contribution in [0.15, 0.2) is 79.0 Å². The van der Waals surface area contributed by atoms with E-state index < -0.39 is 6.10 Å². The summed E-state index contributed by atoms with van der Waals surface area (Å²) in [7, 11) is 0. The molecule has 0 saturated carbocycles. The van der Waals surface area contributed by atoms with Gasteiger partial charge in [-0.2, -0.15) is 0 Å². The van der Waals surface area contributed by atoms with E-state index in [1.54, 1.807) is 0 Å². The predicted octanol–water partition coefficient (Wildman–Crippen LogP) is 3.31. The van der Waals surface area contributed by atoms with E-state index in [2.05, 4.69) is 26.9 Å². The van der Waals surface area contributed by atoms with E-state index in [9.17, 15) is 5.11 Å². The van der Waals surface area contributed by atoms with E-state index in [1.807, 2.05) is 66.9 Å². The molecule has 1 fully saturated rings. The first-order valence-electron chi connectivity index (χ1n) is 10.1. The van der Waals surface area contributed by atoms with Crippen LogP contribution < -0.4 is 9.64 Å². The number of aromatic nitrogens is 1. The number of rotatable bonds is 7. The zero-order valence-electron chi connectivity index (χ0n) is 16.5. The number of β-amino-alcohol motifs (C(OH)–C–C–N with tert-alkyl or cyclic N) is 1. The largest absolute Gasteiger partial charge is 0.491 e. The molecule has 2 aromatic carbocycles. The number of aliphatic hydroxyl groups excluding tert-OH is 1. The van der Waals surface area contributed by atoms with Gasteiger partial charge in [0.1, 0.15) is 24.3 Å². The van der Waals surface area contributed by atoms with Crippen molar-refractivity contribution in [3.05, 3.63) is 79.0 Å². The van der Waals surface area contributed by atoms with Crippen LogP contribution in [-0.4, -0.2) is 60.4 Å². The highest BCUT2D eigenvalue weighted by molar-refractivity contribution is 5.63. The molecule has 1 N–H and O–H groups in total. The topological polar surface area (TPSA) is 48.8 Å². The van der Waals surface area contributed by atoms with Crippen LogP contribution in [0.1, 0.15) is 0 Å². The van der Waals surface area contributed by atoms with Crippen molar-refractivity contribution in [2.24, 2.45) is 0 Å². The second-order valence-corrected chi connectivity index (χ2v) is 7.33. The molecule has 2 heterocycles. The minimum atomic E-state index is -0.509. The van der Waals surface area contributed by atoms with E-state index in [-0.39, 0.29) is 0 Å². The number of ether oxygens (including phenoxy) is 1. The number of anilines is 1. The van der Waals surface area contributed by atoms with Crippen LogP contribution in [0, 0.1) is 0 Å². The summed E-state index contributed by atoms with van der Waals surface area (Å²) in [4.78, 5) is 8.98. The van der Waals surface area contributed by atoms with Crippen LogP contribution in [0.4, 0.5) is 5.82 Å². The number of piperazine rings is 1. The molecule has 1 unspecified atom stereocenters. The highest BCUT2D eigenvalue weighted by Gasteiger charge is 2.20. The Hall–Kier alpha value is -2.89. The lowest BCUT2D eigenvalue weighted by Gasteiger charge is -2.36. The van der Waals surface area contributed by atoms with Crippen molar-refractivity contribution in [3.63, 3.8) is 0 Å². The molecule has 1 saturated heterocycles. The van der Waals surface area contributed by atoms with Gasteiger partial charge in [-0.25, -0.2) is 4.98 Å². The summed E-state index contributed by atoms with van der Waals surface area (Å²) < 4.78 is 5.79. The highest BCUT2D eigenvalue weighted by atomic mass is 16.5. The average molecular weight is 389 g/mol. The van der Waals surface area contributed by atoms with Crippen molar-refractivity contribution in [1.82, 2.24) is 9.88 Å². The van der Waals surface area contributed by atoms with Crippen molar-refractivity contribution in [3.8, 4) is 16.9 Å². The van der Waals surface area contributed by atoms with Crippen molar-refractivity contribution in [1.29, 1.82) is 0 Å². The number of pyridine rings is 1. The van der Waals surface area contributed by atoms with Gasteiger partial charge in [-0.1, -0.05) is 48.5 Å². The molecule has 1 aliphatic heterocycles. The van der Waals surface area contributed by atoms with E-state index in [0.717, 1.165) is 43.3 Å². The van der Waals surface area contributed by atoms with E-state index in [4.69, 9.17) is 4.74 Å². The smallest absolute Gasteiger partial charge is 0.128 e. The lowest BCUT2D eigenvalue weighted by molar-refractivity contribution is 0.0662. The Morgan fingerprint density at radius 3 is 2.21 bits per heavy atom. The lowest BCUT2D eigenvalue weighted by atomic mass is 10.1. The Kier molecular flexibility index (Phi) is 6.39. The second-order valence-electron chi connectivity index (χ2n) is 7.33. The molecule has 29 heavy (non-hydrogen) atoms. The molecule has 3 aromatic rings. The summed E-state index contributed by atoms with van der Waals surface area (Å²) in [6, 6.07) is 24.3. The molecule has 1 aliphatic rings. The molecular formula is C24H27N3O2. The molecule has 0 radical (unpaired) electrons. The summed E-state index contributed by atoms with van der Waals surface area (Å²) in [5, 5.41) is 10.4. The Labute approximate surface area is 172 Å². The molecule has 0 amide bonds. The quantitative estimate of drug-likeness (QED) is 0.672. The first-order valence-corrected chi connectivity index (χ1v) is 10.1. The molecule has 0 aliphatic carbocycles. The molecule has 4 rings (SSSR count). The number of benzene rings is 2. The van der Waals surface area contributed by atoms with Crippen LogP contribution in [-0.2, 0) is 0 Å². The minimum absolute atomic E-state index is 0.297. The second kappa shape index (κ2) is 9.54. The van der Waals surface area contributed by atoms with Crippen LogP contribution in [0.3, 0.4) is 0 Å². The molecule has 1 atom stereocenters. The van der Waals surface area contributed by atoms with Crippen molar-refractivity contribution < 1.29 is 9.84 Å². The van der Waals surface area contributed by atoms with Gasteiger partial charge in [-0.05, 0) is 35.4 Å². The van der Waals surface area contributed by atoms with Gasteiger partial charge in [-0.3, -0.25) is 4.90 Å². The van der Waals surface area contributed by atoms with Crippen LogP contribution in [0.2, 0.25) is 0 Å². The third-order valence-corrected chi connectivity index (χ3v) is 5.22. The van der Waals surface area contributed by atoms with Crippen molar-refractivity contribution in [2.45, 2.75) is 6.10 Å². The summed E-state index contributed by atoms with van der Waals surface area (Å²) in [6.45, 7) is 4.60. The Balaban J connectivity index is 1.21. The van der Waals surface area contributed by atoms with Gasteiger partial charge >= 0.3 is 0 Å². The fourth-order valence-electron chi connectivity index (χ4n) is 3.62. The number of hydrogen-bond donors (Lipinski definition) is 1. The maximum atomic E-state index is 10.4. The Bertz CT molecular complexity index is 864. The van der Waals surface area contributed by atoms with Crippen molar-refractivity contribution in [2.75, 3.05) is 44.2 Å². The van der Waals surface area contributed by atoms with Gasteiger partial charge in [0.2, 0.25) is 0 Å². The zero-order chi connectivity index (χ0) is 19.9. The number of aliphatic hydroxyl groups is 1. The molecule has 5 heteroatoms. The van der Waals surface area contributed by atoms with Gasteiger partial charge in [0.15, 0.2) is 0 Å². The van der Waals surface area contributed by atoms with Crippen molar-refractivity contribution >= 4 is 5.82 Å². The Morgan fingerprint density at radius 1 is 0.828 bits per heavy atom. The maximum Gasteiger partial charge on any atom is 0.128 e. The third kappa shape index (κ3) is 5.34. The lowest BCUT2D eigenvalue weighted by Crippen LogP contribution is -2.49. The third-order valence-electron chi connectivity index (χ3n) is 5.22. The fourth-order valence-corrected chi connectivity index (χ4v) is 3.62. The zero-order valence-corrected chi connectivity index (χ0v) is 16.5. The van der Waals surface area contributed by atoms with Crippen LogP contribution in [0.25, 0.3) is 11.1 Å². The van der Waals surface area contributed by atoms with Gasteiger partial charge < -0.3 is 14.7 Å². The van der Waals surface area contributed by atoms with Gasteiger partial charge in [0.05, 0.1) is 0 Å². The SMILES string of the molecule is OC(COc1ccc(-c2ccccc2)cc1)CN1CCN(c2ccccn2)CC1. The maximum absolute atomic E-state index is 10.4. The van der Waals surface area contributed by atoms with Crippen LogP contribution >= 0.6 is 0 Å². The molecule has 1 aromatic heterocycles. The van der Waals surface area contributed by atoms with E-state index >= 15 is 0 Å². The van der Waals surface area contributed by atoms with Gasteiger partial charge in [0, 0.05) is 38.9 Å². The minimum Gasteiger partial charge on any atom is -0.491 e. The first-order chi connectivity index (χ1) is 14.3. The standard InChI is InChI=1S/C24H27N3O2/c28-22(18-26-14-16-27(17-15-26)24-8-4-5-13-25-24)19-29-23-11-9-21(10-12-23)20-6-2-1-3-7-20/h1-13,22,28H,14-19H2. The molecule has 0 bridgehead atoms. The summed E-state index contributed by atoms with van der Waals surface area (Å²) in [5.41, 5.74) is 2.34. The highest BCUT2D eigenvalue weighted by Crippen LogP contribution is 2.22. The number of nitrogens with zero attached hydrogens (tertiary/aromatic N) is 3. The molecule has 150 valence electrons. The Morgan fingerprint density at radius 2 is 1.52 bits per heavy atom. The molecular weight excluding hydrogens is 362 g/mol. The summed E-state index contributed by atoms with van der Waals surface area (Å²) >= 11 is 0. The monoisotopic (exact) mass is 389 g/mol. The van der Waals surface area contributed by atoms with E-state index in [0.29, 0.717) is 13.2 Å². The average Bonchev–Trinajstić information content (AvgIpc) is 2.80.